The van der Waals surface area contributed by atoms with Gasteiger partial charge in [-0.3, -0.25) is 4.90 Å². The van der Waals surface area contributed by atoms with Crippen LogP contribution in [0.5, 0.6) is 0 Å². The first-order valence-electron chi connectivity index (χ1n) is 6.73. The predicted molar refractivity (Wildman–Crippen MR) is 74.6 cm³/mol. The van der Waals surface area contributed by atoms with E-state index in [9.17, 15) is 13.2 Å². The minimum absolute atomic E-state index is 0.0174. The van der Waals surface area contributed by atoms with Gasteiger partial charge in [-0.1, -0.05) is 11.6 Å². The van der Waals surface area contributed by atoms with Gasteiger partial charge in [0.05, 0.1) is 23.8 Å². The van der Waals surface area contributed by atoms with E-state index in [1.54, 1.807) is 0 Å². The first kappa shape index (κ1) is 16.3. The maximum absolute atomic E-state index is 12.5. The standard InChI is InChI=1S/C13H17ClF3N3O/c14-11-8-10(13(15,16)17)9-19-12(11)18-2-1-3-20-4-6-21-7-5-20/h8-9H,1-7H2,(H,18,19). The lowest BCUT2D eigenvalue weighted by molar-refractivity contribution is -0.137. The molecule has 0 aromatic carbocycles. The van der Waals surface area contributed by atoms with E-state index in [1.165, 1.54) is 0 Å². The SMILES string of the molecule is FC(F)(F)c1cnc(NCCCN2CCOCC2)c(Cl)c1. The number of nitrogens with zero attached hydrogens (tertiary/aromatic N) is 2. The summed E-state index contributed by atoms with van der Waals surface area (Å²) in [7, 11) is 0. The lowest BCUT2D eigenvalue weighted by atomic mass is 10.2. The third kappa shape index (κ3) is 5.01. The average molecular weight is 324 g/mol. The smallest absolute Gasteiger partial charge is 0.379 e. The van der Waals surface area contributed by atoms with Crippen molar-refractivity contribution in [2.24, 2.45) is 0 Å². The Balaban J connectivity index is 1.78. The summed E-state index contributed by atoms with van der Waals surface area (Å²) >= 11 is 5.81. The highest BCUT2D eigenvalue weighted by atomic mass is 35.5. The molecular formula is C13H17ClF3N3O. The van der Waals surface area contributed by atoms with Gasteiger partial charge in [-0.15, -0.1) is 0 Å². The van der Waals surface area contributed by atoms with Crippen molar-refractivity contribution in [2.75, 3.05) is 44.7 Å². The van der Waals surface area contributed by atoms with Crippen molar-refractivity contribution in [1.29, 1.82) is 0 Å². The van der Waals surface area contributed by atoms with Gasteiger partial charge >= 0.3 is 6.18 Å². The van der Waals surface area contributed by atoms with E-state index in [-0.39, 0.29) is 10.8 Å². The average Bonchev–Trinajstić information content (AvgIpc) is 2.45. The van der Waals surface area contributed by atoms with Crippen LogP contribution in [0.25, 0.3) is 0 Å². The van der Waals surface area contributed by atoms with Gasteiger partial charge in [-0.25, -0.2) is 4.98 Å². The Morgan fingerprint density at radius 3 is 2.67 bits per heavy atom. The summed E-state index contributed by atoms with van der Waals surface area (Å²) in [6.07, 6.45) is -2.78. The number of anilines is 1. The normalized spacial score (nSPS) is 17.0. The Kier molecular flexibility index (Phi) is 5.66. The summed E-state index contributed by atoms with van der Waals surface area (Å²) < 4.78 is 42.7. The van der Waals surface area contributed by atoms with E-state index >= 15 is 0 Å². The zero-order valence-corrected chi connectivity index (χ0v) is 12.2. The fraction of sp³-hybridized carbons (Fsp3) is 0.615. The van der Waals surface area contributed by atoms with E-state index in [4.69, 9.17) is 16.3 Å². The Morgan fingerprint density at radius 2 is 2.05 bits per heavy atom. The molecule has 1 aromatic rings. The summed E-state index contributed by atoms with van der Waals surface area (Å²) in [5, 5.41) is 2.95. The molecule has 8 heteroatoms. The van der Waals surface area contributed by atoms with Gasteiger partial charge in [-0.05, 0) is 19.0 Å². The van der Waals surface area contributed by atoms with Crippen LogP contribution in [0.1, 0.15) is 12.0 Å². The fourth-order valence-corrected chi connectivity index (χ4v) is 2.29. The van der Waals surface area contributed by atoms with Crippen LogP contribution in [0.3, 0.4) is 0 Å². The van der Waals surface area contributed by atoms with Crippen molar-refractivity contribution in [3.05, 3.63) is 22.8 Å². The van der Waals surface area contributed by atoms with Gasteiger partial charge in [-0.2, -0.15) is 13.2 Å². The molecule has 1 N–H and O–H groups in total. The quantitative estimate of drug-likeness (QED) is 0.846. The highest BCUT2D eigenvalue weighted by molar-refractivity contribution is 6.32. The molecule has 1 aliphatic heterocycles. The second kappa shape index (κ2) is 7.29. The molecule has 0 atom stereocenters. The Hall–Kier alpha value is -1.05. The van der Waals surface area contributed by atoms with Crippen LogP contribution < -0.4 is 5.32 Å². The third-order valence-electron chi connectivity index (χ3n) is 3.22. The number of aromatic nitrogens is 1. The molecule has 0 radical (unpaired) electrons. The number of alkyl halides is 3. The molecule has 0 saturated carbocycles. The molecule has 1 aromatic heterocycles. The van der Waals surface area contributed by atoms with Gasteiger partial charge in [0.1, 0.15) is 5.82 Å². The number of hydrogen-bond donors (Lipinski definition) is 1. The Bertz CT molecular complexity index is 464. The fourth-order valence-electron chi connectivity index (χ4n) is 2.06. The molecule has 2 heterocycles. The van der Waals surface area contributed by atoms with Crippen molar-refractivity contribution in [1.82, 2.24) is 9.88 Å². The summed E-state index contributed by atoms with van der Waals surface area (Å²) in [6.45, 7) is 4.85. The number of pyridine rings is 1. The largest absolute Gasteiger partial charge is 0.417 e. The number of rotatable bonds is 5. The second-order valence-electron chi connectivity index (χ2n) is 4.79. The molecule has 4 nitrogen and oxygen atoms in total. The Morgan fingerprint density at radius 1 is 1.33 bits per heavy atom. The highest BCUT2D eigenvalue weighted by Crippen LogP contribution is 2.32. The second-order valence-corrected chi connectivity index (χ2v) is 5.19. The zero-order chi connectivity index (χ0) is 15.3. The number of morpholine rings is 1. The van der Waals surface area contributed by atoms with E-state index < -0.39 is 11.7 Å². The first-order chi connectivity index (χ1) is 9.97. The van der Waals surface area contributed by atoms with Gasteiger partial charge in [0.2, 0.25) is 0 Å². The van der Waals surface area contributed by atoms with Crippen LogP contribution in [0.4, 0.5) is 19.0 Å². The topological polar surface area (TPSA) is 37.4 Å². The molecule has 0 unspecified atom stereocenters. The number of hydrogen-bond acceptors (Lipinski definition) is 4. The minimum atomic E-state index is -4.43. The summed E-state index contributed by atoms with van der Waals surface area (Å²) in [5.41, 5.74) is -0.841. The van der Waals surface area contributed by atoms with Crippen LogP contribution >= 0.6 is 11.6 Å². The van der Waals surface area contributed by atoms with Crippen molar-refractivity contribution in [3.63, 3.8) is 0 Å². The molecular weight excluding hydrogens is 307 g/mol. The lowest BCUT2D eigenvalue weighted by Gasteiger charge is -2.26. The van der Waals surface area contributed by atoms with Gasteiger partial charge < -0.3 is 10.1 Å². The number of nitrogens with one attached hydrogen (secondary N) is 1. The van der Waals surface area contributed by atoms with E-state index in [1.807, 2.05) is 0 Å². The zero-order valence-electron chi connectivity index (χ0n) is 11.4. The number of halogens is 4. The molecule has 0 amide bonds. The molecule has 0 bridgehead atoms. The van der Waals surface area contributed by atoms with Gasteiger partial charge in [0.25, 0.3) is 0 Å². The molecule has 0 spiro atoms. The van der Waals surface area contributed by atoms with Gasteiger partial charge in [0.15, 0.2) is 0 Å². The van der Waals surface area contributed by atoms with E-state index in [2.05, 4.69) is 15.2 Å². The van der Waals surface area contributed by atoms with Crippen LogP contribution in [0, 0.1) is 0 Å². The van der Waals surface area contributed by atoms with Crippen LogP contribution in [-0.4, -0.2) is 49.3 Å². The molecule has 1 aliphatic rings. The first-order valence-corrected chi connectivity index (χ1v) is 7.11. The summed E-state index contributed by atoms with van der Waals surface area (Å²) in [6, 6.07) is 0.888. The highest BCUT2D eigenvalue weighted by Gasteiger charge is 2.31. The lowest BCUT2D eigenvalue weighted by Crippen LogP contribution is -2.37. The predicted octanol–water partition coefficient (Wildman–Crippen LogP) is 2.89. The van der Waals surface area contributed by atoms with Crippen molar-refractivity contribution >= 4 is 17.4 Å². The minimum Gasteiger partial charge on any atom is -0.379 e. The van der Waals surface area contributed by atoms with Crippen LogP contribution in [0.2, 0.25) is 5.02 Å². The summed E-state index contributed by atoms with van der Waals surface area (Å²) in [4.78, 5) is 6.02. The third-order valence-corrected chi connectivity index (χ3v) is 3.50. The van der Waals surface area contributed by atoms with E-state index in [0.717, 1.165) is 51.5 Å². The van der Waals surface area contributed by atoms with Gasteiger partial charge in [0, 0.05) is 25.8 Å². The van der Waals surface area contributed by atoms with Crippen LogP contribution in [0.15, 0.2) is 12.3 Å². The molecule has 1 saturated heterocycles. The molecule has 118 valence electrons. The molecule has 1 fully saturated rings. The van der Waals surface area contributed by atoms with E-state index in [0.29, 0.717) is 6.54 Å². The van der Waals surface area contributed by atoms with Crippen molar-refractivity contribution < 1.29 is 17.9 Å². The molecule has 21 heavy (non-hydrogen) atoms. The maximum atomic E-state index is 12.5. The maximum Gasteiger partial charge on any atom is 0.417 e. The van der Waals surface area contributed by atoms with Crippen molar-refractivity contribution in [3.8, 4) is 0 Å². The molecule has 2 rings (SSSR count). The monoisotopic (exact) mass is 323 g/mol. The van der Waals surface area contributed by atoms with Crippen molar-refractivity contribution in [2.45, 2.75) is 12.6 Å². The summed E-state index contributed by atoms with van der Waals surface area (Å²) in [5.74, 6) is 0.284. The van der Waals surface area contributed by atoms with Crippen LogP contribution in [-0.2, 0) is 10.9 Å². The number of ether oxygens (including phenoxy) is 1. The molecule has 0 aliphatic carbocycles. The Labute approximate surface area is 126 Å².